The van der Waals surface area contributed by atoms with Gasteiger partial charge < -0.3 is 0 Å². The van der Waals surface area contributed by atoms with Crippen LogP contribution in [0.1, 0.15) is 20.8 Å². The number of anilines is 1. The normalized spacial score (nSPS) is 10.3. The average Bonchev–Trinajstić information content (AvgIpc) is 2.67. The topological polar surface area (TPSA) is 42.0 Å². The lowest BCUT2D eigenvalue weighted by Gasteiger charge is -2.05. The van der Waals surface area contributed by atoms with Gasteiger partial charge in [-0.15, -0.1) is 11.3 Å². The van der Waals surface area contributed by atoms with E-state index >= 15 is 0 Å². The van der Waals surface area contributed by atoms with Crippen molar-refractivity contribution in [1.82, 2.24) is 4.98 Å². The molecule has 0 unspecified atom stereocenters. The summed E-state index contributed by atoms with van der Waals surface area (Å²) >= 11 is 4.83. The lowest BCUT2D eigenvalue weighted by atomic mass is 10.1. The van der Waals surface area contributed by atoms with Crippen LogP contribution >= 0.6 is 27.3 Å². The molecule has 0 aliphatic rings. The molecule has 3 nitrogen and oxygen atoms in total. The molecule has 1 aromatic carbocycles. The van der Waals surface area contributed by atoms with E-state index in [1.54, 1.807) is 6.20 Å². The second-order valence-electron chi connectivity index (χ2n) is 3.71. The Kier molecular flexibility index (Phi) is 3.59. The van der Waals surface area contributed by atoms with Crippen LogP contribution in [0, 0.1) is 13.8 Å². The van der Waals surface area contributed by atoms with E-state index in [-0.39, 0.29) is 5.91 Å². The first-order chi connectivity index (χ1) is 8.06. The van der Waals surface area contributed by atoms with E-state index in [4.69, 9.17) is 0 Å². The van der Waals surface area contributed by atoms with Crippen molar-refractivity contribution >= 4 is 38.3 Å². The lowest BCUT2D eigenvalue weighted by molar-refractivity contribution is 0.102. The number of hydrogen-bond donors (Lipinski definition) is 1. The maximum absolute atomic E-state index is 12.0. The number of thiazole rings is 1. The smallest absolute Gasteiger partial charge is 0.258 e. The molecule has 88 valence electrons. The third kappa shape index (κ3) is 2.92. The highest BCUT2D eigenvalue weighted by atomic mass is 79.9. The van der Waals surface area contributed by atoms with Crippen molar-refractivity contribution in [3.05, 3.63) is 44.9 Å². The van der Waals surface area contributed by atoms with Gasteiger partial charge in [0.05, 0.1) is 5.56 Å². The fourth-order valence-corrected chi connectivity index (χ4v) is 2.48. The van der Waals surface area contributed by atoms with Crippen LogP contribution < -0.4 is 5.32 Å². The van der Waals surface area contributed by atoms with Gasteiger partial charge >= 0.3 is 0 Å². The molecule has 1 aromatic heterocycles. The fourth-order valence-electron chi connectivity index (χ4n) is 1.39. The van der Waals surface area contributed by atoms with Crippen molar-refractivity contribution in [2.24, 2.45) is 0 Å². The molecule has 1 N–H and O–H groups in total. The molecule has 0 radical (unpaired) electrons. The Labute approximate surface area is 112 Å². The third-order valence-electron chi connectivity index (χ3n) is 2.21. The minimum Gasteiger partial charge on any atom is -0.298 e. The van der Waals surface area contributed by atoms with Crippen molar-refractivity contribution in [3.8, 4) is 0 Å². The van der Waals surface area contributed by atoms with Gasteiger partial charge in [0.25, 0.3) is 5.91 Å². The summed E-state index contributed by atoms with van der Waals surface area (Å²) in [6.45, 7) is 3.91. The van der Waals surface area contributed by atoms with Gasteiger partial charge in [-0.3, -0.25) is 10.1 Å². The number of amides is 1. The van der Waals surface area contributed by atoms with Crippen molar-refractivity contribution in [2.45, 2.75) is 13.8 Å². The van der Waals surface area contributed by atoms with Gasteiger partial charge in [-0.2, -0.15) is 0 Å². The van der Waals surface area contributed by atoms with Gasteiger partial charge in [0.15, 0.2) is 5.13 Å². The first-order valence-electron chi connectivity index (χ1n) is 5.06. The molecule has 5 heteroatoms. The van der Waals surface area contributed by atoms with E-state index in [1.165, 1.54) is 11.3 Å². The van der Waals surface area contributed by atoms with Crippen molar-refractivity contribution < 1.29 is 4.79 Å². The number of rotatable bonds is 2. The quantitative estimate of drug-likeness (QED) is 0.917. The zero-order chi connectivity index (χ0) is 12.4. The Morgan fingerprint density at radius 1 is 1.41 bits per heavy atom. The predicted molar refractivity (Wildman–Crippen MR) is 73.7 cm³/mol. The number of carbonyl (C=O) groups excluding carboxylic acids is 1. The monoisotopic (exact) mass is 310 g/mol. The molecule has 1 amide bonds. The molecule has 2 aromatic rings. The number of carbonyl (C=O) groups is 1. The van der Waals surface area contributed by atoms with Gasteiger partial charge in [0.1, 0.15) is 0 Å². The highest BCUT2D eigenvalue weighted by Gasteiger charge is 2.11. The minimum atomic E-state index is -0.144. The molecule has 0 aliphatic carbocycles. The van der Waals surface area contributed by atoms with Gasteiger partial charge in [-0.05, 0) is 41.9 Å². The van der Waals surface area contributed by atoms with Crippen molar-refractivity contribution in [3.63, 3.8) is 0 Å². The van der Waals surface area contributed by atoms with E-state index in [9.17, 15) is 4.79 Å². The van der Waals surface area contributed by atoms with Crippen LogP contribution in [0.3, 0.4) is 0 Å². The molecular weight excluding hydrogens is 300 g/mol. The van der Waals surface area contributed by atoms with Crippen LogP contribution in [0.25, 0.3) is 0 Å². The number of aryl methyl sites for hydroxylation is 2. The number of halogens is 1. The van der Waals surface area contributed by atoms with Crippen LogP contribution in [0.5, 0.6) is 0 Å². The molecule has 2 rings (SSSR count). The molecule has 0 spiro atoms. The summed E-state index contributed by atoms with van der Waals surface area (Å²) in [4.78, 5) is 17.2. The van der Waals surface area contributed by atoms with Gasteiger partial charge in [-0.25, -0.2) is 4.98 Å². The molecular formula is C12H11BrN2OS. The maximum atomic E-state index is 12.0. The Hall–Kier alpha value is -1.20. The zero-order valence-corrected chi connectivity index (χ0v) is 11.9. The van der Waals surface area contributed by atoms with Gasteiger partial charge in [0.2, 0.25) is 0 Å². The van der Waals surface area contributed by atoms with E-state index in [2.05, 4.69) is 26.2 Å². The summed E-state index contributed by atoms with van der Waals surface area (Å²) in [6.07, 6.45) is 1.74. The number of aromatic nitrogens is 1. The van der Waals surface area contributed by atoms with Crippen LogP contribution in [-0.2, 0) is 0 Å². The molecule has 0 atom stereocenters. The molecule has 0 fully saturated rings. The zero-order valence-electron chi connectivity index (χ0n) is 9.45. The van der Waals surface area contributed by atoms with Crippen LogP contribution in [0.15, 0.2) is 28.9 Å². The van der Waals surface area contributed by atoms with E-state index < -0.39 is 0 Å². The standard InChI is InChI=1S/C12H11BrN2OS/c1-7-3-4-10(13)9(5-7)11(16)15-12-14-6-8(2)17-12/h3-6H,1-2H3,(H,14,15,16). The Bertz CT molecular complexity index is 565. The van der Waals surface area contributed by atoms with E-state index in [0.29, 0.717) is 10.7 Å². The van der Waals surface area contributed by atoms with Crippen LogP contribution in [0.4, 0.5) is 5.13 Å². The highest BCUT2D eigenvalue weighted by molar-refractivity contribution is 9.10. The molecule has 0 bridgehead atoms. The summed E-state index contributed by atoms with van der Waals surface area (Å²) < 4.78 is 0.786. The summed E-state index contributed by atoms with van der Waals surface area (Å²) in [5.74, 6) is -0.144. The molecule has 0 saturated heterocycles. The third-order valence-corrected chi connectivity index (χ3v) is 3.73. The summed E-state index contributed by atoms with van der Waals surface area (Å²) in [7, 11) is 0. The summed E-state index contributed by atoms with van der Waals surface area (Å²) in [5.41, 5.74) is 1.67. The Balaban J connectivity index is 2.22. The Morgan fingerprint density at radius 2 is 2.18 bits per heavy atom. The van der Waals surface area contributed by atoms with Crippen molar-refractivity contribution in [1.29, 1.82) is 0 Å². The first kappa shape index (κ1) is 12.3. The SMILES string of the molecule is Cc1ccc(Br)c(C(=O)Nc2ncc(C)s2)c1. The first-order valence-corrected chi connectivity index (χ1v) is 6.67. The average molecular weight is 311 g/mol. The van der Waals surface area contributed by atoms with Gasteiger partial charge in [-0.1, -0.05) is 11.6 Å². The second kappa shape index (κ2) is 4.98. The van der Waals surface area contributed by atoms with Crippen LogP contribution in [0.2, 0.25) is 0 Å². The fraction of sp³-hybridized carbons (Fsp3) is 0.167. The van der Waals surface area contributed by atoms with Crippen molar-refractivity contribution in [2.75, 3.05) is 5.32 Å². The highest BCUT2D eigenvalue weighted by Crippen LogP contribution is 2.21. The maximum Gasteiger partial charge on any atom is 0.258 e. The number of hydrogen-bond acceptors (Lipinski definition) is 3. The minimum absolute atomic E-state index is 0.144. The van der Waals surface area contributed by atoms with E-state index in [1.807, 2.05) is 32.0 Å². The lowest BCUT2D eigenvalue weighted by Crippen LogP contribution is -2.12. The summed E-state index contributed by atoms with van der Waals surface area (Å²) in [5, 5.41) is 3.41. The van der Waals surface area contributed by atoms with Crippen LogP contribution in [-0.4, -0.2) is 10.9 Å². The number of nitrogens with one attached hydrogen (secondary N) is 1. The number of nitrogens with zero attached hydrogens (tertiary/aromatic N) is 1. The second-order valence-corrected chi connectivity index (χ2v) is 5.80. The summed E-state index contributed by atoms with van der Waals surface area (Å²) in [6, 6.07) is 5.67. The largest absolute Gasteiger partial charge is 0.298 e. The van der Waals surface area contributed by atoms with Gasteiger partial charge in [0, 0.05) is 15.5 Å². The molecule has 1 heterocycles. The molecule has 17 heavy (non-hydrogen) atoms. The Morgan fingerprint density at radius 3 is 2.82 bits per heavy atom. The predicted octanol–water partition coefficient (Wildman–Crippen LogP) is 3.77. The molecule has 0 aliphatic heterocycles. The van der Waals surface area contributed by atoms with E-state index in [0.717, 1.165) is 14.9 Å². The molecule has 0 saturated carbocycles. The number of benzene rings is 1.